The molecule has 0 bridgehead atoms. The normalized spacial score (nSPS) is 23.0. The lowest BCUT2D eigenvalue weighted by atomic mass is 9.85. The van der Waals surface area contributed by atoms with Gasteiger partial charge in [-0.05, 0) is 56.9 Å². The fourth-order valence-corrected chi connectivity index (χ4v) is 3.05. The smallest absolute Gasteiger partial charge is 0.234 e. The van der Waals surface area contributed by atoms with E-state index in [1.165, 1.54) is 0 Å². The fraction of sp³-hybridized carbons (Fsp3) is 0.529. The lowest BCUT2D eigenvalue weighted by Gasteiger charge is -2.15. The highest BCUT2D eigenvalue weighted by atomic mass is 16.5. The first kappa shape index (κ1) is 14.3. The van der Waals surface area contributed by atoms with Gasteiger partial charge in [0, 0.05) is 24.3 Å². The molecule has 1 unspecified atom stereocenters. The third kappa shape index (κ3) is 2.60. The van der Waals surface area contributed by atoms with Crippen molar-refractivity contribution in [1.82, 2.24) is 0 Å². The molecule has 1 N–H and O–H groups in total. The average Bonchev–Trinajstić information content (AvgIpc) is 3.04. The molecule has 0 spiro atoms. The second-order valence-corrected chi connectivity index (χ2v) is 6.44. The second-order valence-electron chi connectivity index (χ2n) is 6.44. The Kier molecular flexibility index (Phi) is 3.57. The molecule has 0 aliphatic carbocycles. The van der Waals surface area contributed by atoms with E-state index in [2.05, 4.69) is 5.32 Å². The number of ether oxygens (including phenoxy) is 1. The summed E-state index contributed by atoms with van der Waals surface area (Å²) < 4.78 is 5.55. The summed E-state index contributed by atoms with van der Waals surface area (Å²) in [5, 5.41) is 2.86. The van der Waals surface area contributed by atoms with E-state index in [0.29, 0.717) is 12.0 Å². The lowest BCUT2D eigenvalue weighted by Crippen LogP contribution is -2.27. The monoisotopic (exact) mass is 287 g/mol. The Bertz CT molecular complexity index is 586. The number of nitrogens with one attached hydrogen (secondary N) is 1. The molecule has 0 aromatic heterocycles. The zero-order valence-electron chi connectivity index (χ0n) is 12.6. The Hall–Kier alpha value is -1.68. The molecule has 1 atom stereocenters. The van der Waals surface area contributed by atoms with Crippen LogP contribution in [0.5, 0.6) is 0 Å². The number of carbonyl (C=O) groups excluding carboxylic acids is 2. The van der Waals surface area contributed by atoms with Crippen LogP contribution in [0.3, 0.4) is 0 Å². The molecule has 0 radical (unpaired) electrons. The van der Waals surface area contributed by atoms with Crippen LogP contribution in [-0.4, -0.2) is 24.4 Å². The summed E-state index contributed by atoms with van der Waals surface area (Å²) in [5.41, 5.74) is 1.85. The van der Waals surface area contributed by atoms with E-state index in [4.69, 9.17) is 4.74 Å². The van der Waals surface area contributed by atoms with Gasteiger partial charge in [0.25, 0.3) is 0 Å². The van der Waals surface area contributed by atoms with E-state index < -0.39 is 5.41 Å². The highest BCUT2D eigenvalue weighted by Gasteiger charge is 2.38. The average molecular weight is 287 g/mol. The molecule has 4 heteroatoms. The predicted octanol–water partition coefficient (Wildman–Crippen LogP) is 3.06. The summed E-state index contributed by atoms with van der Waals surface area (Å²) in [7, 11) is 0. The van der Waals surface area contributed by atoms with E-state index in [1.807, 2.05) is 26.0 Å². The number of anilines is 1. The van der Waals surface area contributed by atoms with Crippen molar-refractivity contribution in [1.29, 1.82) is 0 Å². The van der Waals surface area contributed by atoms with E-state index in [-0.39, 0.29) is 17.8 Å². The Labute approximate surface area is 124 Å². The molecule has 1 amide bonds. The van der Waals surface area contributed by atoms with Gasteiger partial charge in [-0.1, -0.05) is 0 Å². The molecule has 2 heterocycles. The molecule has 21 heavy (non-hydrogen) atoms. The van der Waals surface area contributed by atoms with Crippen molar-refractivity contribution in [2.75, 3.05) is 11.9 Å². The molecular formula is C17H21NO3. The van der Waals surface area contributed by atoms with Gasteiger partial charge < -0.3 is 10.1 Å². The number of ketones is 1. The minimum atomic E-state index is -0.569. The molecule has 1 aromatic rings. The van der Waals surface area contributed by atoms with E-state index in [0.717, 1.165) is 37.1 Å². The van der Waals surface area contributed by atoms with Crippen LogP contribution in [0, 0.1) is 0 Å². The van der Waals surface area contributed by atoms with Crippen molar-refractivity contribution in [3.05, 3.63) is 29.3 Å². The van der Waals surface area contributed by atoms with Crippen LogP contribution in [0.4, 0.5) is 5.69 Å². The number of carbonyl (C=O) groups is 2. The van der Waals surface area contributed by atoms with E-state index in [9.17, 15) is 9.59 Å². The first-order valence-electron chi connectivity index (χ1n) is 7.59. The molecule has 0 saturated carbocycles. The fourth-order valence-electron chi connectivity index (χ4n) is 3.05. The quantitative estimate of drug-likeness (QED) is 0.866. The highest BCUT2D eigenvalue weighted by Crippen LogP contribution is 2.37. The van der Waals surface area contributed by atoms with Gasteiger partial charge in [0.2, 0.25) is 5.91 Å². The number of hydrogen-bond donors (Lipinski definition) is 1. The molecule has 3 rings (SSSR count). The third-order valence-electron chi connectivity index (χ3n) is 4.55. The van der Waals surface area contributed by atoms with Crippen molar-refractivity contribution in [2.45, 2.75) is 51.0 Å². The van der Waals surface area contributed by atoms with Crippen LogP contribution in [0.1, 0.15) is 55.5 Å². The van der Waals surface area contributed by atoms with Gasteiger partial charge in [-0.3, -0.25) is 9.59 Å². The van der Waals surface area contributed by atoms with Crippen molar-refractivity contribution in [3.8, 4) is 0 Å². The van der Waals surface area contributed by atoms with Crippen LogP contribution in [0.2, 0.25) is 0 Å². The first-order chi connectivity index (χ1) is 9.98. The Morgan fingerprint density at radius 2 is 2.24 bits per heavy atom. The number of rotatable bonds is 4. The van der Waals surface area contributed by atoms with Crippen molar-refractivity contribution >= 4 is 17.4 Å². The molecule has 1 fully saturated rings. The van der Waals surface area contributed by atoms with Crippen molar-refractivity contribution < 1.29 is 14.3 Å². The SMILES string of the molecule is CC1(C)C(=O)Nc2ccc(C(=O)CCC3CCCO3)cc21. The van der Waals surface area contributed by atoms with Gasteiger partial charge in [0.1, 0.15) is 0 Å². The summed E-state index contributed by atoms with van der Waals surface area (Å²) in [6.45, 7) is 4.59. The highest BCUT2D eigenvalue weighted by molar-refractivity contribution is 6.07. The molecule has 4 nitrogen and oxygen atoms in total. The maximum Gasteiger partial charge on any atom is 0.234 e. The standard InChI is InChI=1S/C17H21NO3/c1-17(2)13-10-11(5-7-14(13)18-16(17)20)15(19)8-6-12-4-3-9-21-12/h5,7,10,12H,3-4,6,8-9H2,1-2H3,(H,18,20). The minimum absolute atomic E-state index is 0.0125. The molecule has 2 aliphatic heterocycles. The molecular weight excluding hydrogens is 266 g/mol. The Morgan fingerprint density at radius 1 is 1.43 bits per heavy atom. The van der Waals surface area contributed by atoms with Crippen LogP contribution >= 0.6 is 0 Å². The predicted molar refractivity (Wildman–Crippen MR) is 80.6 cm³/mol. The van der Waals surface area contributed by atoms with Crippen LogP contribution < -0.4 is 5.32 Å². The number of amides is 1. The largest absolute Gasteiger partial charge is 0.378 e. The maximum atomic E-state index is 12.3. The summed E-state index contributed by atoms with van der Waals surface area (Å²) in [6, 6.07) is 5.50. The number of benzene rings is 1. The number of Topliss-reactive ketones (excluding diaryl/α,β-unsaturated/α-hetero) is 1. The molecule has 1 saturated heterocycles. The van der Waals surface area contributed by atoms with Gasteiger partial charge in [-0.2, -0.15) is 0 Å². The lowest BCUT2D eigenvalue weighted by molar-refractivity contribution is -0.119. The zero-order valence-corrected chi connectivity index (χ0v) is 12.6. The molecule has 2 aliphatic rings. The summed E-state index contributed by atoms with van der Waals surface area (Å²) in [6.07, 6.45) is 3.69. The third-order valence-corrected chi connectivity index (χ3v) is 4.55. The zero-order chi connectivity index (χ0) is 15.0. The minimum Gasteiger partial charge on any atom is -0.378 e. The van der Waals surface area contributed by atoms with Gasteiger partial charge in [-0.15, -0.1) is 0 Å². The van der Waals surface area contributed by atoms with Gasteiger partial charge in [-0.25, -0.2) is 0 Å². The first-order valence-corrected chi connectivity index (χ1v) is 7.59. The van der Waals surface area contributed by atoms with Crippen molar-refractivity contribution in [3.63, 3.8) is 0 Å². The maximum absolute atomic E-state index is 12.3. The molecule has 112 valence electrons. The van der Waals surface area contributed by atoms with E-state index in [1.54, 1.807) is 6.07 Å². The van der Waals surface area contributed by atoms with Crippen LogP contribution in [-0.2, 0) is 14.9 Å². The summed E-state index contributed by atoms with van der Waals surface area (Å²) in [4.78, 5) is 24.3. The van der Waals surface area contributed by atoms with Gasteiger partial charge in [0.05, 0.1) is 11.5 Å². The topological polar surface area (TPSA) is 55.4 Å². The van der Waals surface area contributed by atoms with Gasteiger partial charge in [0.15, 0.2) is 5.78 Å². The van der Waals surface area contributed by atoms with Crippen LogP contribution in [0.15, 0.2) is 18.2 Å². The van der Waals surface area contributed by atoms with E-state index >= 15 is 0 Å². The van der Waals surface area contributed by atoms with Gasteiger partial charge >= 0.3 is 0 Å². The van der Waals surface area contributed by atoms with Crippen LogP contribution in [0.25, 0.3) is 0 Å². The Morgan fingerprint density at radius 3 is 2.95 bits per heavy atom. The summed E-state index contributed by atoms with van der Waals surface area (Å²) >= 11 is 0. The number of fused-ring (bicyclic) bond motifs is 1. The molecule has 1 aromatic carbocycles. The van der Waals surface area contributed by atoms with Crippen molar-refractivity contribution in [2.24, 2.45) is 0 Å². The number of hydrogen-bond acceptors (Lipinski definition) is 3. The summed E-state index contributed by atoms with van der Waals surface area (Å²) in [5.74, 6) is 0.116. The second kappa shape index (κ2) is 5.26. The Balaban J connectivity index is 1.73.